The lowest BCUT2D eigenvalue weighted by molar-refractivity contribution is -0.113. The number of para-hydroxylation sites is 2. The zero-order valence-corrected chi connectivity index (χ0v) is 11.5. The first-order valence-corrected chi connectivity index (χ1v) is 6.98. The smallest absolute Gasteiger partial charge is 0.234 e. The van der Waals surface area contributed by atoms with Gasteiger partial charge in [0.2, 0.25) is 5.91 Å². The first-order valence-electron chi connectivity index (χ1n) is 5.61. The molecule has 0 atom stereocenters. The molecule has 0 unspecified atom stereocenters. The molecule has 0 heterocycles. The number of carbonyl (C=O) groups excluding carboxylic acids is 1. The van der Waals surface area contributed by atoms with Crippen LogP contribution in [0.1, 0.15) is 0 Å². The molecule has 0 aliphatic rings. The number of phenolic OH excluding ortho intramolecular Hbond substituents is 1. The van der Waals surface area contributed by atoms with Gasteiger partial charge in [0.05, 0.1) is 11.4 Å². The lowest BCUT2D eigenvalue weighted by Crippen LogP contribution is -2.13. The van der Waals surface area contributed by atoms with E-state index in [-0.39, 0.29) is 17.4 Å². The Kier molecular flexibility index (Phi) is 4.71. The number of benzene rings is 2. The molecule has 0 aromatic heterocycles. The van der Waals surface area contributed by atoms with Gasteiger partial charge in [-0.2, -0.15) is 0 Å². The normalized spacial score (nSPS) is 10.2. The van der Waals surface area contributed by atoms with Gasteiger partial charge in [-0.1, -0.05) is 23.7 Å². The maximum absolute atomic E-state index is 11.7. The second kappa shape index (κ2) is 6.50. The summed E-state index contributed by atoms with van der Waals surface area (Å²) < 4.78 is 0. The van der Waals surface area contributed by atoms with E-state index in [9.17, 15) is 9.90 Å². The highest BCUT2D eigenvalue weighted by Gasteiger charge is 2.06. The average Bonchev–Trinajstić information content (AvgIpc) is 2.41. The zero-order valence-electron chi connectivity index (χ0n) is 9.97. The third-order valence-electron chi connectivity index (χ3n) is 2.36. The van der Waals surface area contributed by atoms with Crippen molar-refractivity contribution >= 4 is 35.0 Å². The number of aromatic hydroxyl groups is 1. The van der Waals surface area contributed by atoms with Gasteiger partial charge in [-0.15, -0.1) is 11.8 Å². The molecule has 0 spiro atoms. The van der Waals surface area contributed by atoms with Crippen molar-refractivity contribution in [2.24, 2.45) is 0 Å². The predicted octanol–water partition coefficient (Wildman–Crippen LogP) is 3.78. The third kappa shape index (κ3) is 4.19. The van der Waals surface area contributed by atoms with Crippen molar-refractivity contribution in [3.8, 4) is 5.75 Å². The summed E-state index contributed by atoms with van der Waals surface area (Å²) >= 11 is 7.19. The molecule has 0 fully saturated rings. The van der Waals surface area contributed by atoms with Crippen molar-refractivity contribution < 1.29 is 9.90 Å². The van der Waals surface area contributed by atoms with Crippen LogP contribution in [0.3, 0.4) is 0 Å². The minimum atomic E-state index is -0.165. The maximum atomic E-state index is 11.7. The fourth-order valence-corrected chi connectivity index (χ4v) is 2.27. The summed E-state index contributed by atoms with van der Waals surface area (Å²) in [6.45, 7) is 0. The number of halogens is 1. The summed E-state index contributed by atoms with van der Waals surface area (Å²) in [5.74, 6) is 0.171. The first kappa shape index (κ1) is 13.8. The molecule has 19 heavy (non-hydrogen) atoms. The Morgan fingerprint density at radius 1 is 1.16 bits per heavy atom. The van der Waals surface area contributed by atoms with Gasteiger partial charge in [0.15, 0.2) is 0 Å². The van der Waals surface area contributed by atoms with Crippen LogP contribution < -0.4 is 5.32 Å². The lowest BCUT2D eigenvalue weighted by atomic mass is 10.3. The Labute approximate surface area is 120 Å². The number of amides is 1. The molecular formula is C14H12ClNO2S. The SMILES string of the molecule is O=C(CSc1ccc(Cl)cc1)Nc1ccccc1O. The Bertz CT molecular complexity index is 572. The van der Waals surface area contributed by atoms with Crippen LogP contribution in [0.5, 0.6) is 5.75 Å². The van der Waals surface area contributed by atoms with Crippen LogP contribution in [0.25, 0.3) is 0 Å². The van der Waals surface area contributed by atoms with Crippen molar-refractivity contribution in [3.05, 3.63) is 53.6 Å². The van der Waals surface area contributed by atoms with E-state index in [4.69, 9.17) is 11.6 Å². The summed E-state index contributed by atoms with van der Waals surface area (Å²) in [5, 5.41) is 12.9. The van der Waals surface area contributed by atoms with Crippen LogP contribution >= 0.6 is 23.4 Å². The Morgan fingerprint density at radius 3 is 2.53 bits per heavy atom. The highest BCUT2D eigenvalue weighted by atomic mass is 35.5. The number of hydrogen-bond acceptors (Lipinski definition) is 3. The molecule has 0 saturated carbocycles. The quantitative estimate of drug-likeness (QED) is 0.666. The minimum absolute atomic E-state index is 0.0624. The van der Waals surface area contributed by atoms with Gasteiger partial charge >= 0.3 is 0 Å². The van der Waals surface area contributed by atoms with E-state index in [2.05, 4.69) is 5.32 Å². The molecule has 1 amide bonds. The Hall–Kier alpha value is -1.65. The van der Waals surface area contributed by atoms with Crippen molar-refractivity contribution in [1.29, 1.82) is 0 Å². The highest BCUT2D eigenvalue weighted by Crippen LogP contribution is 2.23. The molecule has 0 saturated heterocycles. The summed E-state index contributed by atoms with van der Waals surface area (Å²) in [6.07, 6.45) is 0. The van der Waals surface area contributed by atoms with E-state index < -0.39 is 0 Å². The number of thioether (sulfide) groups is 1. The van der Waals surface area contributed by atoms with Crippen molar-refractivity contribution in [2.75, 3.05) is 11.1 Å². The number of anilines is 1. The van der Waals surface area contributed by atoms with Gasteiger partial charge in [-0.25, -0.2) is 0 Å². The van der Waals surface area contributed by atoms with E-state index in [0.717, 1.165) is 4.90 Å². The molecule has 2 aromatic carbocycles. The third-order valence-corrected chi connectivity index (χ3v) is 3.63. The van der Waals surface area contributed by atoms with Crippen molar-refractivity contribution in [3.63, 3.8) is 0 Å². The zero-order chi connectivity index (χ0) is 13.7. The average molecular weight is 294 g/mol. The standard InChI is InChI=1S/C14H12ClNO2S/c15-10-5-7-11(8-6-10)19-9-14(18)16-12-3-1-2-4-13(12)17/h1-8,17H,9H2,(H,16,18). The molecule has 0 aliphatic heterocycles. The Balaban J connectivity index is 1.88. The van der Waals surface area contributed by atoms with Gasteiger partial charge in [-0.05, 0) is 36.4 Å². The second-order valence-electron chi connectivity index (χ2n) is 3.81. The second-order valence-corrected chi connectivity index (χ2v) is 5.29. The first-order chi connectivity index (χ1) is 9.15. The van der Waals surface area contributed by atoms with E-state index in [1.807, 2.05) is 12.1 Å². The van der Waals surface area contributed by atoms with E-state index in [1.54, 1.807) is 30.3 Å². The molecular weight excluding hydrogens is 282 g/mol. The fraction of sp³-hybridized carbons (Fsp3) is 0.0714. The molecule has 98 valence electrons. The number of hydrogen-bond donors (Lipinski definition) is 2. The predicted molar refractivity (Wildman–Crippen MR) is 78.9 cm³/mol. The van der Waals surface area contributed by atoms with Crippen molar-refractivity contribution in [1.82, 2.24) is 0 Å². The number of carbonyl (C=O) groups is 1. The van der Waals surface area contributed by atoms with Crippen LogP contribution in [0.2, 0.25) is 5.02 Å². The molecule has 3 nitrogen and oxygen atoms in total. The number of phenols is 1. The topological polar surface area (TPSA) is 49.3 Å². The minimum Gasteiger partial charge on any atom is -0.506 e. The van der Waals surface area contributed by atoms with E-state index >= 15 is 0 Å². The molecule has 0 bridgehead atoms. The fourth-order valence-electron chi connectivity index (χ4n) is 1.45. The highest BCUT2D eigenvalue weighted by molar-refractivity contribution is 8.00. The summed E-state index contributed by atoms with van der Waals surface area (Å²) in [4.78, 5) is 12.7. The largest absolute Gasteiger partial charge is 0.506 e. The summed E-state index contributed by atoms with van der Waals surface area (Å²) in [6, 6.07) is 13.9. The summed E-state index contributed by atoms with van der Waals surface area (Å²) in [5.41, 5.74) is 0.421. The van der Waals surface area contributed by atoms with Crippen LogP contribution in [0, 0.1) is 0 Å². The van der Waals surface area contributed by atoms with Gasteiger partial charge in [-0.3, -0.25) is 4.79 Å². The van der Waals surface area contributed by atoms with Gasteiger partial charge < -0.3 is 10.4 Å². The molecule has 5 heteroatoms. The Morgan fingerprint density at radius 2 is 1.84 bits per heavy atom. The lowest BCUT2D eigenvalue weighted by Gasteiger charge is -2.06. The van der Waals surface area contributed by atoms with E-state index in [0.29, 0.717) is 10.7 Å². The maximum Gasteiger partial charge on any atom is 0.234 e. The molecule has 2 aromatic rings. The van der Waals surface area contributed by atoms with Crippen LogP contribution in [-0.4, -0.2) is 16.8 Å². The van der Waals surface area contributed by atoms with Gasteiger partial charge in [0.25, 0.3) is 0 Å². The number of rotatable bonds is 4. The monoisotopic (exact) mass is 293 g/mol. The molecule has 2 N–H and O–H groups in total. The van der Waals surface area contributed by atoms with Crippen molar-refractivity contribution in [2.45, 2.75) is 4.90 Å². The molecule has 0 radical (unpaired) electrons. The van der Waals surface area contributed by atoms with Crippen LogP contribution in [0.15, 0.2) is 53.4 Å². The van der Waals surface area contributed by atoms with E-state index in [1.165, 1.54) is 17.8 Å². The van der Waals surface area contributed by atoms with Crippen LogP contribution in [-0.2, 0) is 4.79 Å². The summed E-state index contributed by atoms with van der Waals surface area (Å²) in [7, 11) is 0. The molecule has 0 aliphatic carbocycles. The van der Waals surface area contributed by atoms with Crippen LogP contribution in [0.4, 0.5) is 5.69 Å². The number of nitrogens with one attached hydrogen (secondary N) is 1. The van der Waals surface area contributed by atoms with Gasteiger partial charge in [0.1, 0.15) is 5.75 Å². The molecule has 2 rings (SSSR count). The van der Waals surface area contributed by atoms with Gasteiger partial charge in [0, 0.05) is 9.92 Å².